The van der Waals surface area contributed by atoms with Crippen LogP contribution in [0.4, 0.5) is 10.5 Å². The molecule has 1 aliphatic heterocycles. The molecule has 4 rings (SSSR count). The maximum atomic E-state index is 13.0. The highest BCUT2D eigenvalue weighted by Gasteiger charge is 2.37. The Morgan fingerprint density at radius 3 is 2.31 bits per heavy atom. The first-order valence-corrected chi connectivity index (χ1v) is 9.30. The van der Waals surface area contributed by atoms with Crippen molar-refractivity contribution in [1.29, 1.82) is 0 Å². The normalized spacial score (nSPS) is 15.7. The van der Waals surface area contributed by atoms with Crippen molar-refractivity contribution in [1.82, 2.24) is 9.88 Å². The van der Waals surface area contributed by atoms with Gasteiger partial charge in [0.1, 0.15) is 5.57 Å². The lowest BCUT2D eigenvalue weighted by molar-refractivity contribution is -0.122. The summed E-state index contributed by atoms with van der Waals surface area (Å²) in [5.74, 6) is -1.52. The first-order valence-electron chi connectivity index (χ1n) is 8.55. The second-order valence-corrected chi connectivity index (χ2v) is 7.01. The molecule has 0 aliphatic carbocycles. The van der Waals surface area contributed by atoms with Gasteiger partial charge in [0.25, 0.3) is 11.8 Å². The van der Waals surface area contributed by atoms with Gasteiger partial charge in [0.05, 0.1) is 15.7 Å². The fraction of sp³-hybridized carbons (Fsp3) is 0. The molecule has 3 aromatic rings. The number of para-hydroxylation sites is 1. The highest BCUT2D eigenvalue weighted by Crippen LogP contribution is 2.29. The number of amides is 4. The molecule has 0 radical (unpaired) electrons. The molecule has 1 aliphatic rings. The van der Waals surface area contributed by atoms with Crippen molar-refractivity contribution < 1.29 is 14.4 Å². The summed E-state index contributed by atoms with van der Waals surface area (Å²) in [6.07, 6.45) is 3.26. The number of carbonyl (C=O) groups is 3. The van der Waals surface area contributed by atoms with Crippen molar-refractivity contribution in [3.05, 3.63) is 88.2 Å². The number of urea groups is 1. The first-order chi connectivity index (χ1) is 14.0. The summed E-state index contributed by atoms with van der Waals surface area (Å²) in [5.41, 5.74) is 1.51. The number of halogens is 2. The summed E-state index contributed by atoms with van der Waals surface area (Å²) in [6.45, 7) is 0. The van der Waals surface area contributed by atoms with Crippen LogP contribution in [0.3, 0.4) is 0 Å². The van der Waals surface area contributed by atoms with Crippen molar-refractivity contribution in [2.24, 2.45) is 0 Å². The van der Waals surface area contributed by atoms with Crippen LogP contribution >= 0.6 is 23.2 Å². The summed E-state index contributed by atoms with van der Waals surface area (Å²) >= 11 is 11.9. The maximum Gasteiger partial charge on any atom is 0.335 e. The molecule has 4 amide bonds. The highest BCUT2D eigenvalue weighted by atomic mass is 35.5. The number of hydrogen-bond acceptors (Lipinski definition) is 3. The average molecular weight is 426 g/mol. The van der Waals surface area contributed by atoms with E-state index < -0.39 is 17.8 Å². The zero-order valence-electron chi connectivity index (χ0n) is 14.8. The number of nitrogens with one attached hydrogen (secondary N) is 1. The molecule has 1 saturated heterocycles. The van der Waals surface area contributed by atoms with Crippen LogP contribution in [0.25, 0.3) is 11.8 Å². The van der Waals surface area contributed by atoms with Gasteiger partial charge in [0.15, 0.2) is 0 Å². The molecule has 1 N–H and O–H groups in total. The third-order valence-corrected chi connectivity index (χ3v) is 5.11. The molecule has 0 spiro atoms. The van der Waals surface area contributed by atoms with Gasteiger partial charge < -0.3 is 4.57 Å². The van der Waals surface area contributed by atoms with Gasteiger partial charge in [0, 0.05) is 17.6 Å². The summed E-state index contributed by atoms with van der Waals surface area (Å²) in [5, 5.41) is 2.66. The average Bonchev–Trinajstić information content (AvgIpc) is 3.17. The number of benzene rings is 2. The van der Waals surface area contributed by atoms with E-state index in [1.54, 1.807) is 12.1 Å². The lowest BCUT2D eigenvalue weighted by Gasteiger charge is -2.26. The number of anilines is 1. The minimum Gasteiger partial charge on any atom is -0.317 e. The lowest BCUT2D eigenvalue weighted by atomic mass is 10.1. The van der Waals surface area contributed by atoms with Gasteiger partial charge in [-0.2, -0.15) is 0 Å². The van der Waals surface area contributed by atoms with Gasteiger partial charge in [0.2, 0.25) is 0 Å². The number of imide groups is 2. The van der Waals surface area contributed by atoms with E-state index in [4.69, 9.17) is 23.2 Å². The number of aromatic nitrogens is 1. The molecule has 0 bridgehead atoms. The predicted octanol–water partition coefficient (Wildman–Crippen LogP) is 4.45. The SMILES string of the molecule is O=C1NC(=O)N(c2ccc(Cl)c(Cl)c2)C(=O)/C1=C/c1cccn1-c1ccccc1. The fourth-order valence-corrected chi connectivity index (χ4v) is 3.29. The zero-order valence-corrected chi connectivity index (χ0v) is 16.3. The third kappa shape index (κ3) is 3.55. The third-order valence-electron chi connectivity index (χ3n) is 4.37. The van der Waals surface area contributed by atoms with Gasteiger partial charge in [-0.15, -0.1) is 0 Å². The topological polar surface area (TPSA) is 71.4 Å². The molecule has 29 heavy (non-hydrogen) atoms. The second kappa shape index (κ2) is 7.58. The van der Waals surface area contributed by atoms with Crippen molar-refractivity contribution in [3.8, 4) is 5.69 Å². The van der Waals surface area contributed by atoms with Gasteiger partial charge in [-0.1, -0.05) is 41.4 Å². The van der Waals surface area contributed by atoms with Crippen molar-refractivity contribution in [2.75, 3.05) is 4.90 Å². The second-order valence-electron chi connectivity index (χ2n) is 6.19. The van der Waals surface area contributed by atoms with Crippen LogP contribution in [0, 0.1) is 0 Å². The monoisotopic (exact) mass is 425 g/mol. The Bertz CT molecular complexity index is 1170. The smallest absolute Gasteiger partial charge is 0.317 e. The van der Waals surface area contributed by atoms with E-state index in [1.807, 2.05) is 41.1 Å². The summed E-state index contributed by atoms with van der Waals surface area (Å²) < 4.78 is 1.83. The van der Waals surface area contributed by atoms with Crippen molar-refractivity contribution in [3.63, 3.8) is 0 Å². The largest absolute Gasteiger partial charge is 0.335 e. The molecule has 8 heteroatoms. The Morgan fingerprint density at radius 1 is 0.828 bits per heavy atom. The van der Waals surface area contributed by atoms with E-state index in [0.29, 0.717) is 5.69 Å². The van der Waals surface area contributed by atoms with Crippen LogP contribution < -0.4 is 10.2 Å². The molecule has 144 valence electrons. The quantitative estimate of drug-likeness (QED) is 0.497. The van der Waals surface area contributed by atoms with Crippen LogP contribution in [0.15, 0.2) is 72.4 Å². The van der Waals surface area contributed by atoms with Gasteiger partial charge in [-0.05, 0) is 48.5 Å². The number of carbonyl (C=O) groups excluding carboxylic acids is 3. The molecule has 0 saturated carbocycles. The van der Waals surface area contributed by atoms with Crippen LogP contribution in [0.5, 0.6) is 0 Å². The summed E-state index contributed by atoms with van der Waals surface area (Å²) in [7, 11) is 0. The van der Waals surface area contributed by atoms with E-state index in [-0.39, 0.29) is 21.3 Å². The molecule has 2 heterocycles. The Labute approximate surface area is 175 Å². The van der Waals surface area contributed by atoms with Gasteiger partial charge in [-0.25, -0.2) is 9.69 Å². The predicted molar refractivity (Wildman–Crippen MR) is 111 cm³/mol. The number of rotatable bonds is 3. The van der Waals surface area contributed by atoms with Crippen LogP contribution in [-0.2, 0) is 9.59 Å². The maximum absolute atomic E-state index is 13.0. The number of hydrogen-bond donors (Lipinski definition) is 1. The molecule has 2 aromatic carbocycles. The Morgan fingerprint density at radius 2 is 1.59 bits per heavy atom. The van der Waals surface area contributed by atoms with Crippen molar-refractivity contribution >= 4 is 52.8 Å². The van der Waals surface area contributed by atoms with E-state index in [1.165, 1.54) is 24.3 Å². The minimum atomic E-state index is -0.853. The molecular formula is C21H13Cl2N3O3. The zero-order chi connectivity index (χ0) is 20.5. The van der Waals surface area contributed by atoms with Crippen LogP contribution in [-0.4, -0.2) is 22.4 Å². The Balaban J connectivity index is 1.75. The number of nitrogens with zero attached hydrogens (tertiary/aromatic N) is 2. The van der Waals surface area contributed by atoms with E-state index in [9.17, 15) is 14.4 Å². The summed E-state index contributed by atoms with van der Waals surface area (Å²) in [4.78, 5) is 38.6. The van der Waals surface area contributed by atoms with E-state index >= 15 is 0 Å². The van der Waals surface area contributed by atoms with Gasteiger partial charge in [-0.3, -0.25) is 14.9 Å². The van der Waals surface area contributed by atoms with Crippen molar-refractivity contribution in [2.45, 2.75) is 0 Å². The Hall–Kier alpha value is -3.35. The van der Waals surface area contributed by atoms with E-state index in [2.05, 4.69) is 5.32 Å². The first kappa shape index (κ1) is 19.0. The molecule has 0 unspecified atom stereocenters. The standard InChI is InChI=1S/C21H13Cl2N3O3/c22-17-9-8-15(12-18(17)23)26-20(28)16(19(27)24-21(26)29)11-14-7-4-10-25(14)13-5-2-1-3-6-13/h1-12H,(H,24,27,29)/b16-11+. The molecule has 6 nitrogen and oxygen atoms in total. The van der Waals surface area contributed by atoms with Crippen LogP contribution in [0.2, 0.25) is 10.0 Å². The lowest BCUT2D eigenvalue weighted by Crippen LogP contribution is -2.54. The van der Waals surface area contributed by atoms with Crippen LogP contribution in [0.1, 0.15) is 5.69 Å². The van der Waals surface area contributed by atoms with E-state index in [0.717, 1.165) is 10.6 Å². The van der Waals surface area contributed by atoms with Gasteiger partial charge >= 0.3 is 6.03 Å². The Kier molecular flexibility index (Phi) is 4.96. The molecule has 0 atom stereocenters. The highest BCUT2D eigenvalue weighted by molar-refractivity contribution is 6.43. The summed E-state index contributed by atoms with van der Waals surface area (Å²) in [6, 6.07) is 16.5. The molecular weight excluding hydrogens is 413 g/mol. The fourth-order valence-electron chi connectivity index (χ4n) is 3.00. The molecule has 1 aromatic heterocycles. The minimum absolute atomic E-state index is 0.174. The number of barbiturate groups is 1. The molecule has 1 fully saturated rings.